The number of aromatic nitrogens is 1. The summed E-state index contributed by atoms with van der Waals surface area (Å²) < 4.78 is 9.00. The highest BCUT2D eigenvalue weighted by Gasteiger charge is 2.22. The third-order valence-electron chi connectivity index (χ3n) is 2.31. The summed E-state index contributed by atoms with van der Waals surface area (Å²) in [7, 11) is 4.69. The minimum absolute atomic E-state index is 0.0723. The summed E-state index contributed by atoms with van der Waals surface area (Å²) in [6.07, 6.45) is -1.95. The van der Waals surface area contributed by atoms with Crippen molar-refractivity contribution in [3.63, 3.8) is 0 Å². The molecule has 1 amide bonds. The average molecular weight is 369 g/mol. The zero-order chi connectivity index (χ0) is 19.2. The van der Waals surface area contributed by atoms with Crippen LogP contribution in [0.5, 0.6) is 0 Å². The molecule has 12 heteroatoms. The quantitative estimate of drug-likeness (QED) is 0.435. The average Bonchev–Trinajstić information content (AvgIpc) is 2.91. The monoisotopic (exact) mass is 369 g/mol. The molecule has 0 fully saturated rings. The number of nitrogens with zero attached hydrogens (tertiary/aromatic N) is 2. The van der Waals surface area contributed by atoms with Gasteiger partial charge < -0.3 is 19.3 Å². The molecule has 2 N–H and O–H groups in total. The highest BCUT2D eigenvalue weighted by molar-refractivity contribution is 7.14. The van der Waals surface area contributed by atoms with Crippen molar-refractivity contribution in [2.24, 2.45) is 5.16 Å². The summed E-state index contributed by atoms with van der Waals surface area (Å²) in [5.41, 5.74) is -1.33. The van der Waals surface area contributed by atoms with E-state index in [1.54, 1.807) is 20.8 Å². The van der Waals surface area contributed by atoms with E-state index in [1.165, 1.54) is 12.3 Å². The number of amides is 1. The van der Waals surface area contributed by atoms with Gasteiger partial charge in [0, 0.05) is 5.38 Å². The number of rotatable bonds is 6. The second-order valence-corrected chi connectivity index (χ2v) is 6.45. The molecule has 0 aliphatic carbocycles. The molecule has 0 aromatic carbocycles. The van der Waals surface area contributed by atoms with Crippen LogP contribution < -0.4 is 5.32 Å². The van der Waals surface area contributed by atoms with Crippen molar-refractivity contribution in [1.29, 1.82) is 0 Å². The molecular weight excluding hydrogens is 353 g/mol. The number of carbonyl (C=O) groups excluding carboxylic acids is 2. The lowest BCUT2D eigenvalue weighted by atomic mass is 10.2. The zero-order valence-corrected chi connectivity index (χ0v) is 14.7. The molecule has 0 aliphatic heterocycles. The molecular formula is C13H16BN3O7S. The Hall–Kier alpha value is -2.63. The van der Waals surface area contributed by atoms with Crippen LogP contribution in [0.2, 0.25) is 0 Å². The van der Waals surface area contributed by atoms with Gasteiger partial charge in [-0.3, -0.25) is 5.32 Å². The molecule has 134 valence electrons. The van der Waals surface area contributed by atoms with Crippen LogP contribution in [0.4, 0.5) is 9.93 Å². The number of carbonyl (C=O) groups is 3. The Bertz CT molecular complexity index is 683. The largest absolute Gasteiger partial charge is 0.541 e. The number of anilines is 1. The SMILES string of the molecule is [B]OC(=O)[C@@H](C)O/N=C(\C(=O)O)c1csc(NC(=O)OC(C)(C)C)n1. The number of hydrogen-bond donors (Lipinski definition) is 2. The van der Waals surface area contributed by atoms with Gasteiger partial charge in [0.15, 0.2) is 5.13 Å². The van der Waals surface area contributed by atoms with E-state index in [9.17, 15) is 19.5 Å². The Morgan fingerprint density at radius 1 is 1.40 bits per heavy atom. The maximum atomic E-state index is 11.7. The highest BCUT2D eigenvalue weighted by atomic mass is 32.1. The normalized spacial score (nSPS) is 12.9. The molecule has 0 bridgehead atoms. The maximum Gasteiger partial charge on any atom is 0.413 e. The van der Waals surface area contributed by atoms with Crippen molar-refractivity contribution in [2.75, 3.05) is 5.32 Å². The first-order valence-electron chi connectivity index (χ1n) is 6.87. The molecule has 0 unspecified atom stereocenters. The minimum atomic E-state index is -1.44. The van der Waals surface area contributed by atoms with Gasteiger partial charge in [-0.15, -0.1) is 11.3 Å². The second kappa shape index (κ2) is 8.47. The molecule has 0 saturated heterocycles. The van der Waals surface area contributed by atoms with Gasteiger partial charge in [0.1, 0.15) is 11.3 Å². The van der Waals surface area contributed by atoms with E-state index in [-0.39, 0.29) is 10.8 Å². The fraction of sp³-hybridized carbons (Fsp3) is 0.462. The van der Waals surface area contributed by atoms with Gasteiger partial charge >= 0.3 is 26.1 Å². The van der Waals surface area contributed by atoms with Crippen molar-refractivity contribution in [1.82, 2.24) is 4.98 Å². The summed E-state index contributed by atoms with van der Waals surface area (Å²) in [6, 6.07) is 0. The predicted octanol–water partition coefficient (Wildman–Crippen LogP) is 1.31. The van der Waals surface area contributed by atoms with Crippen LogP contribution in [0.25, 0.3) is 0 Å². The second-order valence-electron chi connectivity index (χ2n) is 5.59. The van der Waals surface area contributed by atoms with Crippen LogP contribution in [0, 0.1) is 0 Å². The van der Waals surface area contributed by atoms with E-state index in [4.69, 9.17) is 9.57 Å². The first kappa shape index (κ1) is 20.4. The third-order valence-corrected chi connectivity index (χ3v) is 3.07. The Labute approximate surface area is 148 Å². The molecule has 10 nitrogen and oxygen atoms in total. The summed E-state index contributed by atoms with van der Waals surface area (Å²) >= 11 is 0.960. The van der Waals surface area contributed by atoms with Gasteiger partial charge in [0.05, 0.1) is 0 Å². The first-order valence-corrected chi connectivity index (χ1v) is 7.75. The molecule has 2 radical (unpaired) electrons. The zero-order valence-electron chi connectivity index (χ0n) is 13.9. The molecule has 0 spiro atoms. The molecule has 1 aromatic heterocycles. The van der Waals surface area contributed by atoms with Gasteiger partial charge in [-0.2, -0.15) is 0 Å². The number of carboxylic acid groups (broad SMARTS) is 1. The number of carboxylic acids is 1. The summed E-state index contributed by atoms with van der Waals surface area (Å²) in [6.45, 7) is 6.36. The molecule has 25 heavy (non-hydrogen) atoms. The van der Waals surface area contributed by atoms with Crippen LogP contribution in [0.1, 0.15) is 33.4 Å². The molecule has 1 heterocycles. The van der Waals surface area contributed by atoms with Crippen molar-refractivity contribution in [3.8, 4) is 0 Å². The summed E-state index contributed by atoms with van der Waals surface area (Å²) in [4.78, 5) is 42.7. The summed E-state index contributed by atoms with van der Waals surface area (Å²) in [5, 5.41) is 16.4. The van der Waals surface area contributed by atoms with Gasteiger partial charge in [0.25, 0.3) is 0 Å². The Morgan fingerprint density at radius 3 is 2.56 bits per heavy atom. The van der Waals surface area contributed by atoms with Crippen LogP contribution in [0.3, 0.4) is 0 Å². The molecule has 1 aromatic rings. The van der Waals surface area contributed by atoms with Crippen molar-refractivity contribution in [3.05, 3.63) is 11.1 Å². The number of oxime groups is 1. The van der Waals surface area contributed by atoms with Gasteiger partial charge in [0.2, 0.25) is 11.8 Å². The van der Waals surface area contributed by atoms with E-state index < -0.39 is 35.4 Å². The van der Waals surface area contributed by atoms with Crippen molar-refractivity contribution < 1.29 is 33.7 Å². The van der Waals surface area contributed by atoms with E-state index in [2.05, 4.69) is 28.2 Å². The fourth-order valence-corrected chi connectivity index (χ4v) is 1.98. The smallest absolute Gasteiger partial charge is 0.413 e. The topological polar surface area (TPSA) is 136 Å². The van der Waals surface area contributed by atoms with E-state index >= 15 is 0 Å². The minimum Gasteiger partial charge on any atom is -0.541 e. The first-order chi connectivity index (χ1) is 11.5. The van der Waals surface area contributed by atoms with E-state index in [0.29, 0.717) is 0 Å². The molecule has 1 rings (SSSR count). The Kier molecular flexibility index (Phi) is 6.91. The molecule has 0 aliphatic rings. The highest BCUT2D eigenvalue weighted by Crippen LogP contribution is 2.18. The predicted molar refractivity (Wildman–Crippen MR) is 88.5 cm³/mol. The van der Waals surface area contributed by atoms with Crippen molar-refractivity contribution in [2.45, 2.75) is 39.4 Å². The van der Waals surface area contributed by atoms with Crippen LogP contribution in [-0.2, 0) is 23.8 Å². The van der Waals surface area contributed by atoms with Crippen LogP contribution in [-0.4, -0.2) is 53.6 Å². The Morgan fingerprint density at radius 2 is 2.04 bits per heavy atom. The van der Waals surface area contributed by atoms with Gasteiger partial charge in [-0.05, 0) is 27.7 Å². The van der Waals surface area contributed by atoms with Crippen LogP contribution in [0.15, 0.2) is 10.5 Å². The lowest BCUT2D eigenvalue weighted by molar-refractivity contribution is -0.146. The standard InChI is InChI=1S/C13H16BN3O7S/c1-6(10(20)23-14)24-17-8(9(18)19)7-5-25-11(15-7)16-12(21)22-13(2,3)4/h5-6H,1-4H3,(H,18,19)(H,15,16,21)/b17-8-/t6-/m1/s1. The number of thiazole rings is 1. The third kappa shape index (κ3) is 6.79. The van der Waals surface area contributed by atoms with E-state index in [0.717, 1.165) is 11.3 Å². The van der Waals surface area contributed by atoms with Gasteiger partial charge in [-0.1, -0.05) is 5.16 Å². The lowest BCUT2D eigenvalue weighted by Gasteiger charge is -2.18. The van der Waals surface area contributed by atoms with Gasteiger partial charge in [-0.25, -0.2) is 19.4 Å². The number of hydrogen-bond acceptors (Lipinski definition) is 9. The number of aliphatic carboxylic acids is 1. The molecule has 1 atom stereocenters. The van der Waals surface area contributed by atoms with E-state index in [1.807, 2.05) is 0 Å². The fourth-order valence-electron chi connectivity index (χ4n) is 1.30. The van der Waals surface area contributed by atoms with Crippen LogP contribution >= 0.6 is 11.3 Å². The maximum absolute atomic E-state index is 11.7. The van der Waals surface area contributed by atoms with Crippen molar-refractivity contribution >= 4 is 48.3 Å². The number of nitrogens with one attached hydrogen (secondary N) is 1. The number of ether oxygens (including phenoxy) is 1. The summed E-state index contributed by atoms with van der Waals surface area (Å²) in [5.74, 6) is -2.37. The lowest BCUT2D eigenvalue weighted by Crippen LogP contribution is -2.27. The Balaban J connectivity index is 2.86. The molecule has 0 saturated carbocycles.